The van der Waals surface area contributed by atoms with Gasteiger partial charge >= 0.3 is 0 Å². The molecule has 1 amide bonds. The van der Waals surface area contributed by atoms with Crippen molar-refractivity contribution in [2.45, 2.75) is 19.0 Å². The van der Waals surface area contributed by atoms with Crippen LogP contribution >= 0.6 is 35.0 Å². The predicted molar refractivity (Wildman–Crippen MR) is 94.3 cm³/mol. The molecule has 0 aliphatic heterocycles. The first kappa shape index (κ1) is 17.9. The third-order valence-corrected chi connectivity index (χ3v) is 4.75. The lowest BCUT2D eigenvalue weighted by atomic mass is 10.2. The number of rotatable bonds is 6. The van der Waals surface area contributed by atoms with Crippen molar-refractivity contribution in [3.05, 3.63) is 28.2 Å². The Kier molecular flexibility index (Phi) is 6.15. The lowest BCUT2D eigenvalue weighted by Gasteiger charge is -2.17. The second-order valence-corrected chi connectivity index (χ2v) is 6.44. The zero-order valence-electron chi connectivity index (χ0n) is 12.8. The molecule has 9 heteroatoms. The fourth-order valence-corrected chi connectivity index (χ4v) is 3.28. The van der Waals surface area contributed by atoms with Crippen LogP contribution in [0.2, 0.25) is 10.0 Å². The van der Waals surface area contributed by atoms with Gasteiger partial charge in [-0.1, -0.05) is 35.0 Å². The molecule has 0 atom stereocenters. The van der Waals surface area contributed by atoms with Crippen LogP contribution in [0.1, 0.15) is 13.8 Å². The fourth-order valence-electron chi connectivity index (χ4n) is 2.02. The highest BCUT2D eigenvalue weighted by Crippen LogP contribution is 2.30. The SMILES string of the molecule is CCN(CC)C(=O)CSc1nnc(-c2ccc(Cl)cc2Cl)n1N. The summed E-state index contributed by atoms with van der Waals surface area (Å²) in [6.07, 6.45) is 0. The second-order valence-electron chi connectivity index (χ2n) is 4.66. The van der Waals surface area contributed by atoms with Crippen LogP contribution in [0.25, 0.3) is 11.4 Å². The molecule has 1 heterocycles. The Labute approximate surface area is 148 Å². The van der Waals surface area contributed by atoms with Gasteiger partial charge in [0.2, 0.25) is 11.1 Å². The monoisotopic (exact) mass is 373 g/mol. The molecule has 2 N–H and O–H groups in total. The molecule has 0 saturated heterocycles. The molecule has 0 unspecified atom stereocenters. The summed E-state index contributed by atoms with van der Waals surface area (Å²) in [5.74, 6) is 6.74. The number of nitrogens with two attached hydrogens (primary N) is 1. The van der Waals surface area contributed by atoms with Gasteiger partial charge in [-0.15, -0.1) is 10.2 Å². The molecule has 2 rings (SSSR count). The Morgan fingerprint density at radius 3 is 2.61 bits per heavy atom. The largest absolute Gasteiger partial charge is 0.343 e. The van der Waals surface area contributed by atoms with Crippen molar-refractivity contribution in [2.75, 3.05) is 24.7 Å². The highest BCUT2D eigenvalue weighted by Gasteiger charge is 2.17. The molecule has 23 heavy (non-hydrogen) atoms. The average molecular weight is 374 g/mol. The topological polar surface area (TPSA) is 77.0 Å². The molecule has 0 saturated carbocycles. The summed E-state index contributed by atoms with van der Waals surface area (Å²) in [5.41, 5.74) is 0.632. The van der Waals surface area contributed by atoms with Crippen molar-refractivity contribution in [3.63, 3.8) is 0 Å². The van der Waals surface area contributed by atoms with Gasteiger partial charge in [-0.3, -0.25) is 4.79 Å². The van der Waals surface area contributed by atoms with Crippen molar-refractivity contribution in [1.82, 2.24) is 19.8 Å². The molecule has 0 fully saturated rings. The Morgan fingerprint density at radius 1 is 1.30 bits per heavy atom. The summed E-state index contributed by atoms with van der Waals surface area (Å²) in [6.45, 7) is 5.24. The van der Waals surface area contributed by atoms with Crippen molar-refractivity contribution in [2.24, 2.45) is 0 Å². The van der Waals surface area contributed by atoms with Crippen LogP contribution in [0.4, 0.5) is 0 Å². The molecular formula is C14H17Cl2N5OS. The molecule has 124 valence electrons. The second kappa shape index (κ2) is 7.90. The maximum atomic E-state index is 12.0. The Morgan fingerprint density at radius 2 is 2.00 bits per heavy atom. The molecular weight excluding hydrogens is 357 g/mol. The first-order valence-corrected chi connectivity index (χ1v) is 8.78. The summed E-state index contributed by atoms with van der Waals surface area (Å²) in [7, 11) is 0. The van der Waals surface area contributed by atoms with E-state index in [1.807, 2.05) is 13.8 Å². The molecule has 0 aliphatic carbocycles. The quantitative estimate of drug-likeness (QED) is 0.622. The normalized spacial score (nSPS) is 10.8. The number of amides is 1. The van der Waals surface area contributed by atoms with Crippen LogP contribution in [0.3, 0.4) is 0 Å². The zero-order valence-corrected chi connectivity index (χ0v) is 15.1. The van der Waals surface area contributed by atoms with Gasteiger partial charge in [0.1, 0.15) is 0 Å². The Bertz CT molecular complexity index is 702. The van der Waals surface area contributed by atoms with Crippen LogP contribution in [-0.4, -0.2) is 44.5 Å². The van der Waals surface area contributed by atoms with Crippen LogP contribution in [0.5, 0.6) is 0 Å². The summed E-state index contributed by atoms with van der Waals surface area (Å²) >= 11 is 13.3. The van der Waals surface area contributed by atoms with E-state index in [-0.39, 0.29) is 11.7 Å². The number of thioether (sulfide) groups is 1. The number of benzene rings is 1. The molecule has 6 nitrogen and oxygen atoms in total. The predicted octanol–water partition coefficient (Wildman–Crippen LogP) is 2.93. The molecule has 0 radical (unpaired) electrons. The number of hydrogen-bond acceptors (Lipinski definition) is 5. The number of nitrogens with zero attached hydrogens (tertiary/aromatic N) is 4. The van der Waals surface area contributed by atoms with E-state index in [2.05, 4.69) is 10.2 Å². The molecule has 2 aromatic rings. The van der Waals surface area contributed by atoms with Crippen molar-refractivity contribution >= 4 is 40.9 Å². The molecule has 0 aliphatic rings. The summed E-state index contributed by atoms with van der Waals surface area (Å²) in [5, 5.41) is 9.50. The van der Waals surface area contributed by atoms with Crippen LogP contribution < -0.4 is 5.84 Å². The Balaban J connectivity index is 2.15. The van der Waals surface area contributed by atoms with E-state index in [0.717, 1.165) is 0 Å². The minimum absolute atomic E-state index is 0.0362. The summed E-state index contributed by atoms with van der Waals surface area (Å²) < 4.78 is 1.33. The van der Waals surface area contributed by atoms with E-state index in [1.54, 1.807) is 23.1 Å². The van der Waals surface area contributed by atoms with Gasteiger partial charge in [-0.2, -0.15) is 0 Å². The van der Waals surface area contributed by atoms with Gasteiger partial charge in [-0.25, -0.2) is 4.68 Å². The van der Waals surface area contributed by atoms with Gasteiger partial charge in [-0.05, 0) is 32.0 Å². The standard InChI is InChI=1S/C14H17Cl2N5OS/c1-3-20(4-2)12(22)8-23-14-19-18-13(21(14)17)10-6-5-9(15)7-11(10)16/h5-7H,3-4,8,17H2,1-2H3. The first-order valence-electron chi connectivity index (χ1n) is 7.04. The highest BCUT2D eigenvalue weighted by molar-refractivity contribution is 7.99. The third-order valence-electron chi connectivity index (χ3n) is 3.28. The van der Waals surface area contributed by atoms with E-state index in [9.17, 15) is 4.79 Å². The van der Waals surface area contributed by atoms with E-state index in [0.29, 0.717) is 39.7 Å². The molecule has 0 spiro atoms. The molecule has 0 bridgehead atoms. The molecule has 1 aromatic heterocycles. The molecule has 1 aromatic carbocycles. The zero-order chi connectivity index (χ0) is 17.0. The lowest BCUT2D eigenvalue weighted by Crippen LogP contribution is -2.32. The van der Waals surface area contributed by atoms with Crippen molar-refractivity contribution < 1.29 is 4.79 Å². The van der Waals surface area contributed by atoms with Crippen LogP contribution in [0, 0.1) is 0 Å². The number of aromatic nitrogens is 3. The van der Waals surface area contributed by atoms with Crippen LogP contribution in [-0.2, 0) is 4.79 Å². The number of halogens is 2. The van der Waals surface area contributed by atoms with E-state index >= 15 is 0 Å². The van der Waals surface area contributed by atoms with Gasteiger partial charge in [0.25, 0.3) is 0 Å². The highest BCUT2D eigenvalue weighted by atomic mass is 35.5. The van der Waals surface area contributed by atoms with E-state index in [4.69, 9.17) is 29.0 Å². The van der Waals surface area contributed by atoms with Crippen molar-refractivity contribution in [3.8, 4) is 11.4 Å². The number of carbonyl (C=O) groups is 1. The maximum absolute atomic E-state index is 12.0. The lowest BCUT2D eigenvalue weighted by molar-refractivity contribution is -0.127. The van der Waals surface area contributed by atoms with Gasteiger partial charge in [0, 0.05) is 23.7 Å². The first-order chi connectivity index (χ1) is 11.0. The third kappa shape index (κ3) is 4.10. The minimum atomic E-state index is 0.0362. The Hall–Kier alpha value is -1.44. The maximum Gasteiger partial charge on any atom is 0.233 e. The fraction of sp³-hybridized carbons (Fsp3) is 0.357. The van der Waals surface area contributed by atoms with Gasteiger partial charge in [0.15, 0.2) is 5.82 Å². The van der Waals surface area contributed by atoms with E-state index < -0.39 is 0 Å². The van der Waals surface area contributed by atoms with E-state index in [1.165, 1.54) is 16.4 Å². The van der Waals surface area contributed by atoms with Gasteiger partial charge < -0.3 is 10.7 Å². The van der Waals surface area contributed by atoms with Crippen molar-refractivity contribution in [1.29, 1.82) is 0 Å². The number of nitrogen functional groups attached to an aromatic ring is 1. The smallest absolute Gasteiger partial charge is 0.233 e. The summed E-state index contributed by atoms with van der Waals surface area (Å²) in [4.78, 5) is 13.8. The minimum Gasteiger partial charge on any atom is -0.343 e. The average Bonchev–Trinajstić information content (AvgIpc) is 2.87. The number of carbonyl (C=O) groups excluding carboxylic acids is 1. The van der Waals surface area contributed by atoms with Gasteiger partial charge in [0.05, 0.1) is 10.8 Å². The number of hydrogen-bond donors (Lipinski definition) is 1. The van der Waals surface area contributed by atoms with Crippen LogP contribution in [0.15, 0.2) is 23.4 Å². The summed E-state index contributed by atoms with van der Waals surface area (Å²) in [6, 6.07) is 5.05.